The number of furan rings is 1. The molecule has 28 heavy (non-hydrogen) atoms. The average Bonchev–Trinajstić information content (AvgIpc) is 3.29. The van der Waals surface area contributed by atoms with Crippen LogP contribution in [0, 0.1) is 13.8 Å². The molecule has 1 N–H and O–H groups in total. The maximum atomic E-state index is 13.3. The van der Waals surface area contributed by atoms with Gasteiger partial charge in [0.05, 0.1) is 11.3 Å². The molecule has 0 saturated carbocycles. The molecule has 2 heterocycles. The molecular formula is C22H17F3N2O. The van der Waals surface area contributed by atoms with Crippen molar-refractivity contribution in [2.75, 3.05) is 0 Å². The maximum absolute atomic E-state index is 13.3. The number of aryl methyl sites for hydroxylation is 2. The minimum absolute atomic E-state index is 0.00304. The second-order valence-corrected chi connectivity index (χ2v) is 6.63. The average molecular weight is 382 g/mol. The van der Waals surface area contributed by atoms with Gasteiger partial charge in [-0.3, -0.25) is 0 Å². The summed E-state index contributed by atoms with van der Waals surface area (Å²) in [6.45, 7) is 3.91. The van der Waals surface area contributed by atoms with Crippen LogP contribution in [-0.2, 0) is 6.18 Å². The highest BCUT2D eigenvalue weighted by Gasteiger charge is 2.34. The number of imidazole rings is 1. The zero-order valence-electron chi connectivity index (χ0n) is 15.3. The molecule has 0 bridgehead atoms. The lowest BCUT2D eigenvalue weighted by molar-refractivity contribution is -0.137. The summed E-state index contributed by atoms with van der Waals surface area (Å²) in [7, 11) is 0. The van der Waals surface area contributed by atoms with E-state index >= 15 is 0 Å². The molecule has 0 aliphatic carbocycles. The van der Waals surface area contributed by atoms with Crippen LogP contribution < -0.4 is 0 Å². The minimum Gasteiger partial charge on any atom is -0.453 e. The lowest BCUT2D eigenvalue weighted by atomic mass is 10.1. The van der Waals surface area contributed by atoms with Gasteiger partial charge in [-0.25, -0.2) is 4.98 Å². The molecule has 0 radical (unpaired) electrons. The van der Waals surface area contributed by atoms with Gasteiger partial charge >= 0.3 is 6.18 Å². The van der Waals surface area contributed by atoms with Crippen LogP contribution in [0.4, 0.5) is 13.2 Å². The first-order valence-corrected chi connectivity index (χ1v) is 8.73. The fourth-order valence-corrected chi connectivity index (χ4v) is 3.12. The van der Waals surface area contributed by atoms with Crippen LogP contribution in [0.3, 0.4) is 0 Å². The summed E-state index contributed by atoms with van der Waals surface area (Å²) in [5, 5.41) is 0. The Balaban J connectivity index is 1.72. The van der Waals surface area contributed by atoms with E-state index < -0.39 is 11.7 Å². The number of rotatable bonds is 3. The molecule has 4 rings (SSSR count). The number of benzene rings is 2. The lowest BCUT2D eigenvalue weighted by Gasteiger charge is -2.10. The van der Waals surface area contributed by atoms with Gasteiger partial charge in [0.1, 0.15) is 5.76 Å². The Morgan fingerprint density at radius 1 is 0.857 bits per heavy atom. The van der Waals surface area contributed by atoms with Crippen LogP contribution in [-0.4, -0.2) is 9.97 Å². The third kappa shape index (κ3) is 3.33. The Labute approximate surface area is 159 Å². The normalized spacial score (nSPS) is 11.8. The van der Waals surface area contributed by atoms with Gasteiger partial charge in [0.2, 0.25) is 0 Å². The van der Waals surface area contributed by atoms with Gasteiger partial charge in [0.25, 0.3) is 0 Å². The number of hydrogen-bond acceptors (Lipinski definition) is 2. The fourth-order valence-electron chi connectivity index (χ4n) is 3.12. The predicted octanol–water partition coefficient (Wildman–Crippen LogP) is 6.64. The number of alkyl halides is 3. The van der Waals surface area contributed by atoms with E-state index in [-0.39, 0.29) is 11.3 Å². The number of nitrogens with one attached hydrogen (secondary N) is 1. The first kappa shape index (κ1) is 18.1. The number of H-pyrrole nitrogens is 1. The van der Waals surface area contributed by atoms with Crippen molar-refractivity contribution in [3.8, 4) is 34.2 Å². The second-order valence-electron chi connectivity index (χ2n) is 6.63. The van der Waals surface area contributed by atoms with E-state index in [2.05, 4.69) is 9.97 Å². The molecule has 0 amide bonds. The van der Waals surface area contributed by atoms with Gasteiger partial charge in [0.15, 0.2) is 11.6 Å². The van der Waals surface area contributed by atoms with Gasteiger partial charge in [-0.1, -0.05) is 48.0 Å². The van der Waals surface area contributed by atoms with Crippen LogP contribution >= 0.6 is 0 Å². The summed E-state index contributed by atoms with van der Waals surface area (Å²) < 4.78 is 45.5. The summed E-state index contributed by atoms with van der Waals surface area (Å²) in [4.78, 5) is 7.74. The summed E-state index contributed by atoms with van der Waals surface area (Å²) in [5.74, 6) is 1.01. The van der Waals surface area contributed by atoms with Crippen molar-refractivity contribution >= 4 is 0 Å². The van der Waals surface area contributed by atoms with Crippen molar-refractivity contribution in [3.63, 3.8) is 0 Å². The Kier molecular flexibility index (Phi) is 4.34. The molecule has 2 aromatic carbocycles. The first-order chi connectivity index (χ1) is 13.3. The van der Waals surface area contributed by atoms with Gasteiger partial charge in [-0.2, -0.15) is 13.2 Å². The second kappa shape index (κ2) is 6.71. The van der Waals surface area contributed by atoms with Gasteiger partial charge in [0, 0.05) is 16.8 Å². The van der Waals surface area contributed by atoms with Crippen LogP contribution in [0.25, 0.3) is 34.2 Å². The molecule has 0 unspecified atom stereocenters. The summed E-state index contributed by atoms with van der Waals surface area (Å²) in [6.07, 6.45) is -4.45. The van der Waals surface area contributed by atoms with E-state index in [1.54, 1.807) is 12.1 Å². The molecule has 3 nitrogen and oxygen atoms in total. The monoisotopic (exact) mass is 382 g/mol. The van der Waals surface area contributed by atoms with E-state index in [0.717, 1.165) is 28.6 Å². The minimum atomic E-state index is -4.45. The van der Waals surface area contributed by atoms with Gasteiger partial charge < -0.3 is 9.40 Å². The molecule has 0 spiro atoms. The predicted molar refractivity (Wildman–Crippen MR) is 102 cm³/mol. The number of nitrogens with zero attached hydrogens (tertiary/aromatic N) is 1. The van der Waals surface area contributed by atoms with Gasteiger partial charge in [-0.15, -0.1) is 0 Å². The van der Waals surface area contributed by atoms with E-state index in [9.17, 15) is 13.2 Å². The van der Waals surface area contributed by atoms with Crippen LogP contribution in [0.15, 0.2) is 65.1 Å². The van der Waals surface area contributed by atoms with Crippen molar-refractivity contribution < 1.29 is 17.6 Å². The molecular weight excluding hydrogens is 365 g/mol. The quantitative estimate of drug-likeness (QED) is 0.432. The van der Waals surface area contributed by atoms with E-state index in [1.807, 2.05) is 38.1 Å². The van der Waals surface area contributed by atoms with Crippen molar-refractivity contribution in [1.29, 1.82) is 0 Å². The van der Waals surface area contributed by atoms with E-state index in [0.29, 0.717) is 11.6 Å². The third-order valence-electron chi connectivity index (χ3n) is 4.55. The van der Waals surface area contributed by atoms with E-state index in [4.69, 9.17) is 4.42 Å². The highest BCUT2D eigenvalue weighted by molar-refractivity contribution is 5.69. The van der Waals surface area contributed by atoms with Crippen molar-refractivity contribution in [2.24, 2.45) is 0 Å². The Morgan fingerprint density at radius 2 is 1.54 bits per heavy atom. The Morgan fingerprint density at radius 3 is 2.25 bits per heavy atom. The van der Waals surface area contributed by atoms with Crippen molar-refractivity contribution in [2.45, 2.75) is 20.0 Å². The number of halogens is 3. The van der Waals surface area contributed by atoms with Crippen molar-refractivity contribution in [3.05, 3.63) is 77.5 Å². The van der Waals surface area contributed by atoms with Crippen LogP contribution in [0.2, 0.25) is 0 Å². The Hall–Kier alpha value is -3.28. The van der Waals surface area contributed by atoms with E-state index in [1.165, 1.54) is 18.2 Å². The molecule has 6 heteroatoms. The maximum Gasteiger partial charge on any atom is 0.417 e. The zero-order chi connectivity index (χ0) is 19.9. The summed E-state index contributed by atoms with van der Waals surface area (Å²) in [5.41, 5.74) is 3.02. The molecule has 2 aromatic heterocycles. The number of aromatic amines is 1. The first-order valence-electron chi connectivity index (χ1n) is 8.73. The molecule has 0 atom stereocenters. The third-order valence-corrected chi connectivity index (χ3v) is 4.55. The molecule has 0 fully saturated rings. The largest absolute Gasteiger partial charge is 0.453 e. The molecule has 142 valence electrons. The summed E-state index contributed by atoms with van der Waals surface area (Å²) in [6, 6.07) is 16.5. The zero-order valence-corrected chi connectivity index (χ0v) is 15.3. The highest BCUT2D eigenvalue weighted by Crippen LogP contribution is 2.38. The highest BCUT2D eigenvalue weighted by atomic mass is 19.4. The molecule has 4 aromatic rings. The SMILES string of the molecule is Cc1ccc(-c2nc(-c3ccc(-c4ccccc4C(F)(F)F)o3)[nH]c2C)cc1. The van der Waals surface area contributed by atoms with Gasteiger partial charge in [-0.05, 0) is 32.0 Å². The van der Waals surface area contributed by atoms with Crippen LogP contribution in [0.5, 0.6) is 0 Å². The lowest BCUT2D eigenvalue weighted by Crippen LogP contribution is -2.06. The number of hydrogen-bond donors (Lipinski definition) is 1. The molecule has 0 aliphatic heterocycles. The van der Waals surface area contributed by atoms with Crippen molar-refractivity contribution in [1.82, 2.24) is 9.97 Å². The standard InChI is InChI=1S/C22H17F3N2O/c1-13-7-9-15(10-8-13)20-14(2)26-21(27-20)19-12-11-18(28-19)16-5-3-4-6-17(16)22(23,24)25/h3-12H,1-2H3,(H,26,27). The summed E-state index contributed by atoms with van der Waals surface area (Å²) >= 11 is 0. The molecule has 0 aliphatic rings. The smallest absolute Gasteiger partial charge is 0.417 e. The van der Waals surface area contributed by atoms with Crippen LogP contribution in [0.1, 0.15) is 16.8 Å². The fraction of sp³-hybridized carbons (Fsp3) is 0.136. The topological polar surface area (TPSA) is 41.8 Å². The molecule has 0 saturated heterocycles. The Bertz CT molecular complexity index is 1120. The number of aromatic nitrogens is 2.